The molecule has 1 aromatic carbocycles. The minimum Gasteiger partial charge on any atom is -0.484 e. The Morgan fingerprint density at radius 3 is 2.58 bits per heavy atom. The lowest BCUT2D eigenvalue weighted by molar-refractivity contribution is -0.153. The number of hydrogen-bond donors (Lipinski definition) is 1. The molecule has 1 fully saturated rings. The van der Waals surface area contributed by atoms with E-state index < -0.39 is 49.4 Å². The fourth-order valence-corrected chi connectivity index (χ4v) is 5.70. The Kier molecular flexibility index (Phi) is 5.79. The number of methoxy groups -OCH3 is 1. The van der Waals surface area contributed by atoms with Crippen LogP contribution in [0.15, 0.2) is 23.1 Å². The summed E-state index contributed by atoms with van der Waals surface area (Å²) in [7, 11) is -3.26. The lowest BCUT2D eigenvalue weighted by Crippen LogP contribution is -2.53. The van der Waals surface area contributed by atoms with Gasteiger partial charge in [-0.25, -0.2) is 8.42 Å². The van der Waals surface area contributed by atoms with E-state index in [9.17, 15) is 31.5 Å². The van der Waals surface area contributed by atoms with Crippen LogP contribution in [0, 0.1) is 0 Å². The van der Waals surface area contributed by atoms with E-state index >= 15 is 0 Å². The molecule has 0 bridgehead atoms. The predicted molar refractivity (Wildman–Crippen MR) is 85.2 cm³/mol. The second kappa shape index (κ2) is 7.24. The molecular weight excluding hydrogens is 401 g/mol. The lowest BCUT2D eigenvalue weighted by atomic mass is 10.1. The third kappa shape index (κ3) is 3.63. The van der Waals surface area contributed by atoms with Crippen molar-refractivity contribution in [3.63, 3.8) is 0 Å². The Morgan fingerprint density at radius 2 is 2.08 bits per heavy atom. The van der Waals surface area contributed by atoms with Gasteiger partial charge in [0.1, 0.15) is 5.75 Å². The Morgan fingerprint density at radius 1 is 1.42 bits per heavy atom. The zero-order valence-corrected chi connectivity index (χ0v) is 15.1. The van der Waals surface area contributed by atoms with Crippen molar-refractivity contribution in [3.8, 4) is 5.75 Å². The number of rotatable bonds is 6. The number of hydrogen-bond acceptors (Lipinski definition) is 5. The molecule has 1 aromatic rings. The number of benzene rings is 1. The fourth-order valence-electron chi connectivity index (χ4n) is 3.07. The number of aliphatic carboxylic acids is 1. The molecule has 0 spiro atoms. The van der Waals surface area contributed by atoms with E-state index in [4.69, 9.17) is 16.3 Å². The fraction of sp³-hybridized carbons (Fsp3) is 0.533. The van der Waals surface area contributed by atoms with Crippen LogP contribution in [0.5, 0.6) is 5.75 Å². The molecule has 1 saturated carbocycles. The smallest absolute Gasteiger partial charge is 0.422 e. The van der Waals surface area contributed by atoms with Gasteiger partial charge in [-0.05, 0) is 31.4 Å². The van der Waals surface area contributed by atoms with Gasteiger partial charge in [0.25, 0.3) is 0 Å². The van der Waals surface area contributed by atoms with Crippen LogP contribution in [-0.4, -0.2) is 50.2 Å². The second-order valence-electron chi connectivity index (χ2n) is 5.81. The summed E-state index contributed by atoms with van der Waals surface area (Å²) >= 11 is 5.93. The predicted octanol–water partition coefficient (Wildman–Crippen LogP) is 3.08. The van der Waals surface area contributed by atoms with Gasteiger partial charge in [-0.3, -0.25) is 4.79 Å². The van der Waals surface area contributed by atoms with Crippen molar-refractivity contribution in [3.05, 3.63) is 23.2 Å². The van der Waals surface area contributed by atoms with Crippen molar-refractivity contribution in [2.24, 2.45) is 0 Å². The molecule has 11 heteroatoms. The maximum atomic E-state index is 13.1. The maximum absolute atomic E-state index is 13.1. The Balaban J connectivity index is 2.44. The molecule has 0 aromatic heterocycles. The van der Waals surface area contributed by atoms with Gasteiger partial charge >= 0.3 is 12.1 Å². The zero-order chi connectivity index (χ0) is 19.8. The van der Waals surface area contributed by atoms with E-state index in [1.54, 1.807) is 0 Å². The van der Waals surface area contributed by atoms with Crippen LogP contribution in [0.25, 0.3) is 0 Å². The summed E-state index contributed by atoms with van der Waals surface area (Å²) in [5.74, 6) is -1.85. The Labute approximate surface area is 152 Å². The summed E-state index contributed by atoms with van der Waals surface area (Å²) in [6.07, 6.45) is -5.23. The molecule has 0 heterocycles. The van der Waals surface area contributed by atoms with Gasteiger partial charge in [0.05, 0.1) is 16.0 Å². The van der Waals surface area contributed by atoms with Crippen LogP contribution in [0.4, 0.5) is 13.2 Å². The SMILES string of the molecule is COC1CCCC1(C(=O)O)S(=O)(=O)c1ccc(OCC(F)(F)F)cc1Cl. The number of halogens is 4. The van der Waals surface area contributed by atoms with Crippen molar-refractivity contribution < 1.29 is 41.0 Å². The zero-order valence-electron chi connectivity index (χ0n) is 13.5. The normalized spacial score (nSPS) is 23.8. The van der Waals surface area contributed by atoms with Crippen molar-refractivity contribution in [1.82, 2.24) is 0 Å². The maximum Gasteiger partial charge on any atom is 0.422 e. The highest BCUT2D eigenvalue weighted by atomic mass is 35.5. The number of alkyl halides is 3. The number of sulfone groups is 1. The van der Waals surface area contributed by atoms with E-state index in [1.165, 1.54) is 7.11 Å². The standard InChI is InChI=1S/C15H16ClF3O6S/c1-24-12-3-2-6-14(12,13(20)21)26(22,23)11-5-4-9(7-10(11)16)25-8-15(17,18)19/h4-5,7,12H,2-3,6,8H2,1H3,(H,20,21). The number of carbonyl (C=O) groups is 1. The molecule has 6 nitrogen and oxygen atoms in total. The molecule has 1 N–H and O–H groups in total. The molecule has 146 valence electrons. The first-order chi connectivity index (χ1) is 12.0. The third-order valence-corrected chi connectivity index (χ3v) is 7.22. The van der Waals surface area contributed by atoms with E-state index in [2.05, 4.69) is 4.74 Å². The first-order valence-corrected chi connectivity index (χ1v) is 9.32. The number of carboxylic acid groups (broad SMARTS) is 1. The van der Waals surface area contributed by atoms with Crippen LogP contribution in [0.3, 0.4) is 0 Å². The van der Waals surface area contributed by atoms with Crippen molar-refractivity contribution in [1.29, 1.82) is 0 Å². The Bertz CT molecular complexity index is 795. The summed E-state index contributed by atoms with van der Waals surface area (Å²) in [5, 5.41) is 9.21. The minimum atomic E-state index is -4.57. The summed E-state index contributed by atoms with van der Waals surface area (Å²) in [5.41, 5.74) is 0. The van der Waals surface area contributed by atoms with Gasteiger partial charge < -0.3 is 14.6 Å². The molecule has 26 heavy (non-hydrogen) atoms. The van der Waals surface area contributed by atoms with Crippen molar-refractivity contribution >= 4 is 27.4 Å². The van der Waals surface area contributed by atoms with Gasteiger partial charge in [0.2, 0.25) is 0 Å². The van der Waals surface area contributed by atoms with Crippen LogP contribution in [0.2, 0.25) is 5.02 Å². The van der Waals surface area contributed by atoms with E-state index in [-0.39, 0.29) is 18.6 Å². The monoisotopic (exact) mass is 416 g/mol. The molecular formula is C15H16ClF3O6S. The topological polar surface area (TPSA) is 89.9 Å². The van der Waals surface area contributed by atoms with Gasteiger partial charge in [0, 0.05) is 13.2 Å². The van der Waals surface area contributed by atoms with Crippen molar-refractivity contribution in [2.75, 3.05) is 13.7 Å². The molecule has 0 aliphatic heterocycles. The summed E-state index contributed by atoms with van der Waals surface area (Å²) in [6.45, 7) is -1.57. The van der Waals surface area contributed by atoms with E-state index in [0.717, 1.165) is 18.2 Å². The lowest BCUT2D eigenvalue weighted by Gasteiger charge is -2.30. The molecule has 2 unspecified atom stereocenters. The quantitative estimate of drug-likeness (QED) is 0.766. The first-order valence-electron chi connectivity index (χ1n) is 7.45. The van der Waals surface area contributed by atoms with Gasteiger partial charge in [-0.15, -0.1) is 0 Å². The molecule has 0 amide bonds. The molecule has 2 rings (SSSR count). The summed E-state index contributed by atoms with van der Waals surface area (Å²) < 4.78 is 70.1. The summed E-state index contributed by atoms with van der Waals surface area (Å²) in [6, 6.07) is 2.85. The Hall–Kier alpha value is -1.52. The molecule has 1 aliphatic rings. The van der Waals surface area contributed by atoms with Gasteiger partial charge in [0.15, 0.2) is 21.2 Å². The van der Waals surface area contributed by atoms with Crippen LogP contribution in [0.1, 0.15) is 19.3 Å². The second-order valence-corrected chi connectivity index (χ2v) is 8.39. The van der Waals surface area contributed by atoms with Crippen LogP contribution < -0.4 is 4.74 Å². The molecule has 0 radical (unpaired) electrons. The van der Waals surface area contributed by atoms with Crippen LogP contribution in [-0.2, 0) is 19.4 Å². The highest BCUT2D eigenvalue weighted by molar-refractivity contribution is 7.93. The van der Waals surface area contributed by atoms with Gasteiger partial charge in [-0.1, -0.05) is 11.6 Å². The molecule has 0 saturated heterocycles. The van der Waals surface area contributed by atoms with Gasteiger partial charge in [-0.2, -0.15) is 13.2 Å². The minimum absolute atomic E-state index is 0.161. The van der Waals surface area contributed by atoms with E-state index in [1.807, 2.05) is 0 Å². The largest absolute Gasteiger partial charge is 0.484 e. The average Bonchev–Trinajstić information content (AvgIpc) is 2.97. The highest BCUT2D eigenvalue weighted by Crippen LogP contribution is 2.44. The van der Waals surface area contributed by atoms with Crippen molar-refractivity contribution in [2.45, 2.75) is 41.2 Å². The van der Waals surface area contributed by atoms with E-state index in [0.29, 0.717) is 6.42 Å². The average molecular weight is 417 g/mol. The van der Waals surface area contributed by atoms with Crippen LogP contribution >= 0.6 is 11.6 Å². The summed E-state index contributed by atoms with van der Waals surface area (Å²) in [4.78, 5) is 11.4. The first kappa shape index (κ1) is 20.8. The highest BCUT2D eigenvalue weighted by Gasteiger charge is 2.60. The number of carboxylic acids is 1. The molecule has 2 atom stereocenters. The molecule has 1 aliphatic carbocycles. The third-order valence-electron chi connectivity index (χ3n) is 4.26. The number of ether oxygens (including phenoxy) is 2.